The second-order valence-corrected chi connectivity index (χ2v) is 26.2. The molecule has 2 fully saturated rings. The number of carbonyl (C=O) groups is 14. The van der Waals surface area contributed by atoms with Crippen LogP contribution in [0.5, 0.6) is 5.75 Å². The molecule has 2 aromatic carbocycles. The number of primary amides is 1. The number of carbonyl (C=O) groups excluding carboxylic acids is 13. The highest BCUT2D eigenvalue weighted by molar-refractivity contribution is 8.00. The number of benzene rings is 2. The Hall–Kier alpha value is -10.4. The minimum absolute atomic E-state index is 0.00529. The minimum Gasteiger partial charge on any atom is -0.508 e. The van der Waals surface area contributed by atoms with Gasteiger partial charge in [0.15, 0.2) is 11.9 Å². The standard InChI is InChI=1S/C65H101N21O16S/c1-36(2)28-44-58(97)80-42(17-10-26-74-65(71)72)57(96)84-46(29-37-12-4-3-5-13-37)60(99)82-43(15-8-24-67)63(102)86-27-11-18-49(86)62(101)81-41(14-6-7-23-66)56(95)85-47(31-53(91)92)61(100)79-40(16-9-25-73-64(69)70)55(94)76-32-50(88)75-33-51(89)78-48(54(68)93)34-103-35-52(90)77-45(59(98)83-44)30-38-19-21-39(87)22-20-38/h3-5,12-13,19-22,36,40-49,87H,6-11,14-18,23-35,66-67H2,1-2H3,(H2,68,93)(H,75,88)(H,76,94)(H,77,90)(H,78,89)(H,79,100)(H,80,97)(H,81,101)(H,82,99)(H,83,98)(H,84,96)(H,85,95)(H,91,92)(H4,69,70,73)(H4,71,72,74)/t40-,41-,42-,43-,44-,45-,46-,47-,48-,49-/m0/s1. The van der Waals surface area contributed by atoms with Crippen LogP contribution in [0.1, 0.15) is 108 Å². The van der Waals surface area contributed by atoms with E-state index < -0.39 is 168 Å². The lowest BCUT2D eigenvalue weighted by Crippen LogP contribution is -2.61. The monoisotopic (exact) mass is 1460 g/mol. The number of phenolic OH excluding ortho intramolecular Hbond substituents is 1. The van der Waals surface area contributed by atoms with Crippen LogP contribution in [0, 0.1) is 5.92 Å². The fourth-order valence-corrected chi connectivity index (χ4v) is 11.9. The van der Waals surface area contributed by atoms with E-state index in [4.69, 9.17) is 40.1 Å². The molecule has 103 heavy (non-hydrogen) atoms. The Kier molecular flexibility index (Phi) is 37.0. The highest BCUT2D eigenvalue weighted by Crippen LogP contribution is 2.22. The summed E-state index contributed by atoms with van der Waals surface area (Å²) >= 11 is 0.816. The van der Waals surface area contributed by atoms with Crippen LogP contribution in [0.3, 0.4) is 0 Å². The van der Waals surface area contributed by atoms with Gasteiger partial charge in [0.1, 0.15) is 66.2 Å². The second kappa shape index (κ2) is 44.8. The number of carboxylic acids is 1. The summed E-state index contributed by atoms with van der Waals surface area (Å²) in [4.78, 5) is 205. The van der Waals surface area contributed by atoms with Crippen LogP contribution in [0.2, 0.25) is 0 Å². The highest BCUT2D eigenvalue weighted by Gasteiger charge is 2.41. The Morgan fingerprint density at radius 2 is 1.00 bits per heavy atom. The van der Waals surface area contributed by atoms with Crippen molar-refractivity contribution in [1.82, 2.24) is 63.4 Å². The van der Waals surface area contributed by atoms with Gasteiger partial charge in [0.2, 0.25) is 76.8 Å². The summed E-state index contributed by atoms with van der Waals surface area (Å²) in [5, 5.41) is 48.0. The van der Waals surface area contributed by atoms with Gasteiger partial charge in [0.05, 0.1) is 25.3 Å². The second-order valence-electron chi connectivity index (χ2n) is 25.2. The Bertz CT molecular complexity index is 3290. The van der Waals surface area contributed by atoms with Crippen molar-refractivity contribution in [2.75, 3.05) is 57.3 Å². The van der Waals surface area contributed by atoms with Crippen molar-refractivity contribution < 1.29 is 77.3 Å². The third kappa shape index (κ3) is 31.6. The van der Waals surface area contributed by atoms with E-state index in [1.807, 2.05) is 0 Å². The Labute approximate surface area is 600 Å². The van der Waals surface area contributed by atoms with E-state index >= 15 is 0 Å². The molecule has 2 saturated heterocycles. The third-order valence-corrected chi connectivity index (χ3v) is 17.3. The first-order valence-electron chi connectivity index (χ1n) is 34.0. The largest absolute Gasteiger partial charge is 0.508 e. The van der Waals surface area contributed by atoms with Gasteiger partial charge in [0, 0.05) is 38.2 Å². The number of phenols is 1. The average molecular weight is 1460 g/mol. The average Bonchev–Trinajstić information content (AvgIpc) is 1.75. The Morgan fingerprint density at radius 3 is 1.56 bits per heavy atom. The molecule has 568 valence electrons. The fraction of sp³-hybridized carbons (Fsp3) is 0.569. The van der Waals surface area contributed by atoms with E-state index in [1.165, 1.54) is 29.2 Å². The number of guanidine groups is 2. The van der Waals surface area contributed by atoms with E-state index in [0.29, 0.717) is 17.5 Å². The number of nitrogens with two attached hydrogens (primary N) is 7. The van der Waals surface area contributed by atoms with Crippen molar-refractivity contribution in [3.63, 3.8) is 0 Å². The number of hydrogen-bond donors (Lipinski definition) is 20. The normalized spacial score (nSPS) is 23.4. The first kappa shape index (κ1) is 85.0. The zero-order valence-corrected chi connectivity index (χ0v) is 58.7. The molecule has 0 aliphatic carbocycles. The summed E-state index contributed by atoms with van der Waals surface area (Å²) in [6.07, 6.45) is -0.766. The number of amides is 13. The van der Waals surface area contributed by atoms with E-state index in [1.54, 1.807) is 44.2 Å². The van der Waals surface area contributed by atoms with Gasteiger partial charge in [-0.3, -0.25) is 77.1 Å². The number of aliphatic imine (C=N–C) groups is 2. The van der Waals surface area contributed by atoms with Crippen molar-refractivity contribution >= 4 is 106 Å². The molecule has 2 heterocycles. The van der Waals surface area contributed by atoms with E-state index in [2.05, 4.69) is 68.5 Å². The SMILES string of the molecule is CC(C)C[C@@H]1NC(=O)[C@H](Cc2ccc(O)cc2)NC(=O)CSC[C@@H](C(N)=O)NC(=O)CNC(=O)CNC(=O)[C@H](CCCN=C(N)N)NC(=O)[C@H](CC(=O)O)NC(=O)[C@H](CCCCN)NC(=O)[C@@H]2CCCN2C(=O)[C@H](CCCN)NC(=O)[C@H](Cc2ccccc2)NC(=O)[C@H](CCCN=C(N)N)NC1=O. The molecule has 2 aromatic rings. The number of nitrogens with zero attached hydrogens (tertiary/aromatic N) is 3. The number of hydrogen-bond acceptors (Lipinski definition) is 20. The molecule has 10 atom stereocenters. The van der Waals surface area contributed by atoms with Gasteiger partial charge in [-0.15, -0.1) is 11.8 Å². The predicted octanol–water partition coefficient (Wildman–Crippen LogP) is -6.51. The maximum Gasteiger partial charge on any atom is 0.305 e. The topological polar surface area (TPSA) is 622 Å². The number of aromatic hydroxyl groups is 1. The molecule has 37 nitrogen and oxygen atoms in total. The lowest BCUT2D eigenvalue weighted by atomic mass is 10.00. The van der Waals surface area contributed by atoms with E-state index in [-0.39, 0.29) is 146 Å². The van der Waals surface area contributed by atoms with Crippen molar-refractivity contribution in [2.24, 2.45) is 56.0 Å². The summed E-state index contributed by atoms with van der Waals surface area (Å²) in [5.74, 6) is -15.2. The van der Waals surface area contributed by atoms with Crippen LogP contribution in [0.25, 0.3) is 0 Å². The van der Waals surface area contributed by atoms with E-state index in [9.17, 15) is 77.3 Å². The lowest BCUT2D eigenvalue weighted by molar-refractivity contribution is -0.143. The number of thioether (sulfide) groups is 1. The maximum atomic E-state index is 14.9. The summed E-state index contributed by atoms with van der Waals surface area (Å²) in [6.45, 7) is 2.08. The molecule has 0 aromatic heterocycles. The van der Waals surface area contributed by atoms with Gasteiger partial charge in [-0.2, -0.15) is 0 Å². The zero-order valence-electron chi connectivity index (χ0n) is 57.9. The molecule has 0 saturated carbocycles. The van der Waals surface area contributed by atoms with E-state index in [0.717, 1.165) is 11.8 Å². The van der Waals surface area contributed by atoms with Crippen LogP contribution >= 0.6 is 11.8 Å². The molecule has 0 unspecified atom stereocenters. The summed E-state index contributed by atoms with van der Waals surface area (Å²) in [5.41, 5.74) is 40.6. The van der Waals surface area contributed by atoms with Gasteiger partial charge in [-0.05, 0) is 119 Å². The molecule has 38 heteroatoms. The number of fused-ring (bicyclic) bond motifs is 1. The summed E-state index contributed by atoms with van der Waals surface area (Å²) in [6, 6.07) is -0.526. The molecule has 4 rings (SSSR count). The molecule has 2 aliphatic rings. The summed E-state index contributed by atoms with van der Waals surface area (Å²) < 4.78 is 0. The van der Waals surface area contributed by atoms with Crippen LogP contribution in [0.4, 0.5) is 0 Å². The summed E-state index contributed by atoms with van der Waals surface area (Å²) in [7, 11) is 0. The van der Waals surface area contributed by atoms with Crippen molar-refractivity contribution in [1.29, 1.82) is 0 Å². The molecule has 13 amide bonds. The van der Waals surface area contributed by atoms with Crippen molar-refractivity contribution in [3.05, 3.63) is 65.7 Å². The minimum atomic E-state index is -1.91. The molecule has 27 N–H and O–H groups in total. The number of unbranched alkanes of at least 4 members (excludes halogenated alkanes) is 1. The van der Waals surface area contributed by atoms with Crippen LogP contribution in [-0.4, -0.2) is 228 Å². The molecule has 0 spiro atoms. The lowest BCUT2D eigenvalue weighted by Gasteiger charge is -2.31. The Balaban J connectivity index is 1.82. The first-order valence-corrected chi connectivity index (χ1v) is 35.1. The number of nitrogens with one attached hydrogen (secondary N) is 11. The van der Waals surface area contributed by atoms with Crippen LogP contribution in [-0.2, 0) is 80.0 Å². The molecular weight excluding hydrogens is 1360 g/mol. The van der Waals surface area contributed by atoms with Crippen LogP contribution < -0.4 is 98.6 Å². The fourth-order valence-electron chi connectivity index (χ4n) is 11.0. The number of rotatable bonds is 24. The third-order valence-electron chi connectivity index (χ3n) is 16.2. The molecule has 0 bridgehead atoms. The van der Waals surface area contributed by atoms with Crippen molar-refractivity contribution in [3.8, 4) is 5.75 Å². The predicted molar refractivity (Wildman–Crippen MR) is 379 cm³/mol. The van der Waals surface area contributed by atoms with Gasteiger partial charge >= 0.3 is 5.97 Å². The number of aliphatic carboxylic acids is 1. The van der Waals surface area contributed by atoms with Crippen LogP contribution in [0.15, 0.2) is 64.6 Å². The zero-order chi connectivity index (χ0) is 76.1. The quantitative estimate of drug-likeness (QED) is 0.0264. The molecular formula is C65H101N21O16S. The first-order chi connectivity index (χ1) is 49.0. The van der Waals surface area contributed by atoms with Gasteiger partial charge in [-0.1, -0.05) is 56.3 Å². The maximum absolute atomic E-state index is 14.9. The van der Waals surface area contributed by atoms with Crippen molar-refractivity contribution in [2.45, 2.75) is 171 Å². The van der Waals surface area contributed by atoms with Gasteiger partial charge in [-0.25, -0.2) is 0 Å². The van der Waals surface area contributed by atoms with Gasteiger partial charge in [0.25, 0.3) is 0 Å². The smallest absolute Gasteiger partial charge is 0.305 e. The van der Waals surface area contributed by atoms with Gasteiger partial charge < -0.3 is 114 Å². The molecule has 0 radical (unpaired) electrons. The highest BCUT2D eigenvalue weighted by atomic mass is 32.2. The molecule has 2 aliphatic heterocycles. The number of carboxylic acid groups (broad SMARTS) is 1. The Morgan fingerprint density at radius 1 is 0.524 bits per heavy atom.